The molecule has 0 saturated heterocycles. The molecule has 0 unspecified atom stereocenters. The van der Waals surface area contributed by atoms with Gasteiger partial charge in [0.15, 0.2) is 0 Å². The number of hydrogen-bond donors (Lipinski definition) is 3. The Balaban J connectivity index is 1.91. The minimum absolute atomic E-state index is 0.0303. The Hall–Kier alpha value is -1.97. The second-order valence-corrected chi connectivity index (χ2v) is 8.49. The zero-order valence-corrected chi connectivity index (χ0v) is 19.7. The van der Waals surface area contributed by atoms with Gasteiger partial charge in [0, 0.05) is 7.11 Å². The fourth-order valence-electron chi connectivity index (χ4n) is 4.21. The fraction of sp³-hybridized carbons (Fsp3) is 0.391. The molecule has 1 aromatic rings. The van der Waals surface area contributed by atoms with Crippen molar-refractivity contribution in [3.8, 4) is 5.75 Å². The van der Waals surface area contributed by atoms with Gasteiger partial charge in [0.05, 0.1) is 6.10 Å². The van der Waals surface area contributed by atoms with Gasteiger partial charge in [-0.2, -0.15) is 0 Å². The van der Waals surface area contributed by atoms with Crippen LogP contribution in [-0.4, -0.2) is 33.8 Å². The van der Waals surface area contributed by atoms with Crippen molar-refractivity contribution in [2.45, 2.75) is 51.0 Å². The maximum absolute atomic E-state index is 11.1. The molecule has 1 aliphatic heterocycles. The number of carbonyl (C=O) groups is 1. The predicted octanol–water partition coefficient (Wildman–Crippen LogP) is 3.95. The number of methoxy groups -OCH3 is 1. The SMILES string of the molecule is COC1CCC(c2cc(C)c(C3=C/C(=C(/[CH]=[W])CC(=O)O)NC=C3)c(O)c2)CC1. The summed E-state index contributed by atoms with van der Waals surface area (Å²) in [5.41, 5.74) is 5.40. The van der Waals surface area contributed by atoms with Crippen LogP contribution in [0.15, 0.2) is 41.8 Å². The number of ether oxygens (including phenoxy) is 1. The van der Waals surface area contributed by atoms with Crippen molar-refractivity contribution in [2.75, 3.05) is 7.11 Å². The number of phenolic OH excluding ortho intramolecular Hbond substituents is 1. The first-order chi connectivity index (χ1) is 13.9. The van der Waals surface area contributed by atoms with E-state index >= 15 is 0 Å². The Bertz CT molecular complexity index is 869. The monoisotopic (exact) mass is 565 g/mol. The number of allylic oxidation sites excluding steroid dienone is 3. The molecule has 5 nitrogen and oxygen atoms in total. The van der Waals surface area contributed by atoms with Crippen LogP contribution in [0.1, 0.15) is 54.7 Å². The van der Waals surface area contributed by atoms with E-state index in [4.69, 9.17) is 9.84 Å². The van der Waals surface area contributed by atoms with Crippen LogP contribution in [-0.2, 0) is 28.9 Å². The average Bonchev–Trinajstić information content (AvgIpc) is 2.71. The zero-order chi connectivity index (χ0) is 21.0. The van der Waals surface area contributed by atoms with Crippen molar-refractivity contribution < 1.29 is 39.1 Å². The Morgan fingerprint density at radius 1 is 1.31 bits per heavy atom. The van der Waals surface area contributed by atoms with Crippen LogP contribution in [0.25, 0.3) is 5.57 Å². The summed E-state index contributed by atoms with van der Waals surface area (Å²) in [6, 6.07) is 4.08. The van der Waals surface area contributed by atoms with Crippen LogP contribution in [0.3, 0.4) is 0 Å². The number of benzene rings is 1. The number of nitrogens with one attached hydrogen (secondary N) is 1. The Morgan fingerprint density at radius 2 is 2.03 bits per heavy atom. The summed E-state index contributed by atoms with van der Waals surface area (Å²) in [5, 5.41) is 23.1. The third-order valence-corrected chi connectivity index (χ3v) is 6.76. The van der Waals surface area contributed by atoms with E-state index < -0.39 is 5.97 Å². The second kappa shape index (κ2) is 9.69. The van der Waals surface area contributed by atoms with E-state index in [2.05, 4.69) is 11.4 Å². The fourth-order valence-corrected chi connectivity index (χ4v) is 4.97. The summed E-state index contributed by atoms with van der Waals surface area (Å²) in [6.45, 7) is 2.02. The normalized spacial score (nSPS) is 23.2. The van der Waals surface area contributed by atoms with Gasteiger partial charge in [0.1, 0.15) is 0 Å². The van der Waals surface area contributed by atoms with Gasteiger partial charge in [-0.3, -0.25) is 0 Å². The van der Waals surface area contributed by atoms with Crippen LogP contribution < -0.4 is 5.32 Å². The van der Waals surface area contributed by atoms with E-state index in [0.29, 0.717) is 12.0 Å². The molecular formula is C23H27NO4W. The molecule has 0 amide bonds. The number of dihydropyridines is 1. The van der Waals surface area contributed by atoms with Crippen molar-refractivity contribution in [3.05, 3.63) is 58.4 Å². The van der Waals surface area contributed by atoms with E-state index in [0.717, 1.165) is 53.7 Å². The summed E-state index contributed by atoms with van der Waals surface area (Å²) < 4.78 is 7.36. The van der Waals surface area contributed by atoms with E-state index in [-0.39, 0.29) is 12.2 Å². The van der Waals surface area contributed by atoms with Gasteiger partial charge in [-0.25, -0.2) is 0 Å². The van der Waals surface area contributed by atoms with Gasteiger partial charge in [-0.05, 0) is 0 Å². The molecule has 1 aliphatic carbocycles. The Kier molecular flexibility index (Phi) is 7.26. The molecule has 0 aromatic heterocycles. The van der Waals surface area contributed by atoms with Gasteiger partial charge in [0.25, 0.3) is 0 Å². The number of carboxylic acid groups (broad SMARTS) is 1. The van der Waals surface area contributed by atoms with E-state index in [9.17, 15) is 9.90 Å². The van der Waals surface area contributed by atoms with Crippen molar-refractivity contribution in [3.63, 3.8) is 0 Å². The first kappa shape index (κ1) is 21.7. The molecular weight excluding hydrogens is 538 g/mol. The predicted molar refractivity (Wildman–Crippen MR) is 110 cm³/mol. The van der Waals surface area contributed by atoms with Gasteiger partial charge < -0.3 is 4.74 Å². The van der Waals surface area contributed by atoms with Crippen LogP contribution in [0, 0.1) is 6.92 Å². The maximum atomic E-state index is 11.1. The summed E-state index contributed by atoms with van der Waals surface area (Å²) in [4.78, 5) is 11.1. The number of aryl methyl sites for hydroxylation is 1. The van der Waals surface area contributed by atoms with E-state index in [1.807, 2.05) is 29.5 Å². The first-order valence-electron chi connectivity index (χ1n) is 9.84. The van der Waals surface area contributed by atoms with Crippen molar-refractivity contribution in [2.24, 2.45) is 0 Å². The number of carboxylic acids is 1. The van der Waals surface area contributed by atoms with E-state index in [1.165, 1.54) is 24.9 Å². The number of phenols is 1. The topological polar surface area (TPSA) is 78.8 Å². The zero-order valence-electron chi connectivity index (χ0n) is 16.8. The number of aliphatic carboxylic acids is 1. The van der Waals surface area contributed by atoms with Gasteiger partial charge in [-0.1, -0.05) is 0 Å². The van der Waals surface area contributed by atoms with Crippen LogP contribution in [0.4, 0.5) is 0 Å². The molecule has 0 atom stereocenters. The number of aromatic hydroxyl groups is 1. The molecule has 1 saturated carbocycles. The third-order valence-electron chi connectivity index (χ3n) is 5.74. The molecule has 29 heavy (non-hydrogen) atoms. The first-order valence-corrected chi connectivity index (χ1v) is 11.5. The quantitative estimate of drug-likeness (QED) is 0.487. The van der Waals surface area contributed by atoms with Crippen LogP contribution >= 0.6 is 0 Å². The molecule has 1 aromatic carbocycles. The third kappa shape index (κ3) is 5.15. The van der Waals surface area contributed by atoms with Gasteiger partial charge in [0.2, 0.25) is 0 Å². The number of rotatable bonds is 6. The van der Waals surface area contributed by atoms with Gasteiger partial charge in [-0.15, -0.1) is 0 Å². The Labute approximate surface area is 182 Å². The van der Waals surface area contributed by atoms with Crippen LogP contribution in [0.2, 0.25) is 0 Å². The van der Waals surface area contributed by atoms with Crippen molar-refractivity contribution in [1.82, 2.24) is 5.32 Å². The van der Waals surface area contributed by atoms with Crippen LogP contribution in [0.5, 0.6) is 5.75 Å². The number of hydrogen-bond acceptors (Lipinski definition) is 4. The summed E-state index contributed by atoms with van der Waals surface area (Å²) >= 11 is 1.20. The van der Waals surface area contributed by atoms with Crippen molar-refractivity contribution >= 4 is 15.9 Å². The minimum atomic E-state index is -0.858. The molecule has 1 fully saturated rings. The second-order valence-electron chi connectivity index (χ2n) is 7.65. The Morgan fingerprint density at radius 3 is 2.62 bits per heavy atom. The molecule has 2 aliphatic rings. The van der Waals surface area contributed by atoms with Gasteiger partial charge >= 0.3 is 165 Å². The molecule has 0 bridgehead atoms. The molecule has 0 spiro atoms. The summed E-state index contributed by atoms with van der Waals surface area (Å²) in [6.07, 6.45) is 10.2. The molecule has 154 valence electrons. The molecule has 0 radical (unpaired) electrons. The molecule has 1 heterocycles. The standard InChI is InChI=1S/C23H27NO4.W/c1-14(11-22(26)27)20-12-17(8-9-24-20)23-15(2)10-18(13-21(23)25)16-4-6-19(28-3)7-5-16;/h1,8-10,12-13,16,19,24-25H,4-7,11H2,2-3H3,(H,26,27);/b20-14+;. The molecule has 6 heteroatoms. The molecule has 3 N–H and O–H groups in total. The average molecular weight is 565 g/mol. The molecule has 3 rings (SSSR count). The van der Waals surface area contributed by atoms with E-state index in [1.54, 1.807) is 13.3 Å². The summed E-state index contributed by atoms with van der Waals surface area (Å²) in [5.74, 6) is -0.132. The summed E-state index contributed by atoms with van der Waals surface area (Å²) in [7, 11) is 1.78. The van der Waals surface area contributed by atoms with Crippen molar-refractivity contribution in [1.29, 1.82) is 0 Å².